The van der Waals surface area contributed by atoms with Crippen molar-refractivity contribution in [2.45, 2.75) is 56.9 Å². The summed E-state index contributed by atoms with van der Waals surface area (Å²) in [5.74, 6) is 0.405. The average molecular weight is 573 g/mol. The van der Waals surface area contributed by atoms with Crippen molar-refractivity contribution in [2.75, 3.05) is 36.4 Å². The Balaban J connectivity index is 1.19. The maximum absolute atomic E-state index is 13.2. The van der Waals surface area contributed by atoms with Crippen molar-refractivity contribution < 1.29 is 36.1 Å². The van der Waals surface area contributed by atoms with Gasteiger partial charge in [-0.3, -0.25) is 14.9 Å². The van der Waals surface area contributed by atoms with E-state index in [9.17, 15) is 41.3 Å². The van der Waals surface area contributed by atoms with Crippen LogP contribution in [0.15, 0.2) is 42.5 Å². The third-order valence-electron chi connectivity index (χ3n) is 7.59. The first kappa shape index (κ1) is 29.5. The van der Waals surface area contributed by atoms with E-state index in [0.29, 0.717) is 38.3 Å². The number of hydrogen-bond acceptors (Lipinski definition) is 5. The van der Waals surface area contributed by atoms with E-state index in [0.717, 1.165) is 62.3 Å². The van der Waals surface area contributed by atoms with Crippen LogP contribution in [0.1, 0.15) is 49.7 Å². The zero-order valence-corrected chi connectivity index (χ0v) is 21.6. The highest BCUT2D eigenvalue weighted by Gasteiger charge is 2.39. The lowest BCUT2D eigenvalue weighted by molar-refractivity contribution is -0.388. The normalized spacial score (nSPS) is 18.7. The highest BCUT2D eigenvalue weighted by molar-refractivity contribution is 5.76. The standard InChI is InChI=1S/C27H30F6N4O3/c28-26(29,30)19-4-7-22(8-5-19)35-13-10-18(11-14-35)2-1-3-25(38)36-15-12-21(17-36)34-20-6-9-24(37(39)40)23(16-20)27(31,32)33/h4-9,16,18,21,34H,1-3,10-15,17H2/t21-/m0/s1. The molecule has 2 aliphatic rings. The number of carbonyl (C=O) groups is 1. The van der Waals surface area contributed by atoms with Crippen LogP contribution in [0.25, 0.3) is 0 Å². The fourth-order valence-corrected chi connectivity index (χ4v) is 5.39. The van der Waals surface area contributed by atoms with E-state index in [1.54, 1.807) is 4.90 Å². The molecule has 2 saturated heterocycles. The van der Waals surface area contributed by atoms with Gasteiger partial charge in [0.15, 0.2) is 0 Å². The van der Waals surface area contributed by atoms with Gasteiger partial charge in [-0.25, -0.2) is 0 Å². The molecule has 218 valence electrons. The van der Waals surface area contributed by atoms with Crippen LogP contribution >= 0.6 is 0 Å². The number of hydrogen-bond donors (Lipinski definition) is 1. The number of nitro benzene ring substituents is 1. The summed E-state index contributed by atoms with van der Waals surface area (Å²) in [6.07, 6.45) is -4.96. The number of amides is 1. The first-order valence-corrected chi connectivity index (χ1v) is 13.1. The van der Waals surface area contributed by atoms with Gasteiger partial charge in [0.05, 0.1) is 10.5 Å². The van der Waals surface area contributed by atoms with Crippen LogP contribution in [0.3, 0.4) is 0 Å². The number of nitro groups is 1. The molecule has 7 nitrogen and oxygen atoms in total. The second kappa shape index (κ2) is 11.9. The van der Waals surface area contributed by atoms with Crippen molar-refractivity contribution in [1.82, 2.24) is 4.90 Å². The van der Waals surface area contributed by atoms with Gasteiger partial charge in [0.2, 0.25) is 5.91 Å². The van der Waals surface area contributed by atoms with Gasteiger partial charge in [0.1, 0.15) is 5.56 Å². The molecule has 2 heterocycles. The van der Waals surface area contributed by atoms with Gasteiger partial charge in [-0.2, -0.15) is 26.3 Å². The summed E-state index contributed by atoms with van der Waals surface area (Å²) in [7, 11) is 0. The van der Waals surface area contributed by atoms with E-state index in [4.69, 9.17) is 0 Å². The minimum Gasteiger partial charge on any atom is -0.380 e. The molecule has 40 heavy (non-hydrogen) atoms. The quantitative estimate of drug-likeness (QED) is 0.216. The predicted octanol–water partition coefficient (Wildman–Crippen LogP) is 6.73. The SMILES string of the molecule is O=C(CCCC1CCN(c2ccc(C(F)(F)F)cc2)CC1)N1CC[C@H](Nc2ccc([N+](=O)[O-])c(C(F)(F)F)c2)C1. The molecule has 2 aromatic rings. The second-order valence-corrected chi connectivity index (χ2v) is 10.3. The molecule has 0 aliphatic carbocycles. The third kappa shape index (κ3) is 7.36. The monoisotopic (exact) mass is 572 g/mol. The van der Waals surface area contributed by atoms with Gasteiger partial charge in [-0.15, -0.1) is 0 Å². The first-order valence-electron chi connectivity index (χ1n) is 13.1. The lowest BCUT2D eigenvalue weighted by atomic mass is 9.91. The summed E-state index contributed by atoms with van der Waals surface area (Å²) in [6, 6.07) is 7.71. The lowest BCUT2D eigenvalue weighted by Crippen LogP contribution is -2.34. The first-order chi connectivity index (χ1) is 18.8. The second-order valence-electron chi connectivity index (χ2n) is 10.3. The smallest absolute Gasteiger partial charge is 0.380 e. The van der Waals surface area contributed by atoms with Crippen LogP contribution in [0.4, 0.5) is 43.4 Å². The van der Waals surface area contributed by atoms with Crippen molar-refractivity contribution >= 4 is 23.0 Å². The summed E-state index contributed by atoms with van der Waals surface area (Å²) in [6.45, 7) is 2.29. The minimum absolute atomic E-state index is 0.0221. The lowest BCUT2D eigenvalue weighted by Gasteiger charge is -2.34. The molecule has 0 bridgehead atoms. The van der Waals surface area contributed by atoms with E-state index in [1.807, 2.05) is 0 Å². The molecular formula is C27H30F6N4O3. The van der Waals surface area contributed by atoms with Crippen LogP contribution in [0, 0.1) is 16.0 Å². The topological polar surface area (TPSA) is 78.7 Å². The molecule has 1 atom stereocenters. The molecular weight excluding hydrogens is 542 g/mol. The fraction of sp³-hybridized carbons (Fsp3) is 0.519. The van der Waals surface area contributed by atoms with Crippen molar-refractivity contribution in [3.8, 4) is 0 Å². The zero-order chi connectivity index (χ0) is 29.1. The largest absolute Gasteiger partial charge is 0.423 e. The number of likely N-dealkylation sites (tertiary alicyclic amines) is 1. The number of nitrogens with one attached hydrogen (secondary N) is 1. The van der Waals surface area contributed by atoms with Crippen molar-refractivity contribution in [3.63, 3.8) is 0 Å². The summed E-state index contributed by atoms with van der Waals surface area (Å²) in [4.78, 5) is 26.3. The Kier molecular flexibility index (Phi) is 8.79. The molecule has 2 aliphatic heterocycles. The molecule has 0 unspecified atom stereocenters. The number of anilines is 2. The molecule has 0 radical (unpaired) electrons. The van der Waals surface area contributed by atoms with Crippen LogP contribution in [0.2, 0.25) is 0 Å². The minimum atomic E-state index is -4.86. The Bertz CT molecular complexity index is 1190. The fourth-order valence-electron chi connectivity index (χ4n) is 5.39. The Morgan fingerprint density at radius 2 is 1.62 bits per heavy atom. The molecule has 0 saturated carbocycles. The number of nitrogens with zero attached hydrogens (tertiary/aromatic N) is 3. The van der Waals surface area contributed by atoms with Gasteiger partial charge in [-0.05, 0) is 74.4 Å². The number of piperidine rings is 1. The number of halogens is 6. The maximum atomic E-state index is 13.2. The summed E-state index contributed by atoms with van der Waals surface area (Å²) >= 11 is 0. The molecule has 4 rings (SSSR count). The summed E-state index contributed by atoms with van der Waals surface area (Å²) in [5, 5.41) is 13.9. The van der Waals surface area contributed by atoms with Crippen molar-refractivity contribution in [3.05, 3.63) is 63.7 Å². The van der Waals surface area contributed by atoms with Crippen LogP contribution in [-0.2, 0) is 17.1 Å². The van der Waals surface area contributed by atoms with Gasteiger partial charge in [-0.1, -0.05) is 0 Å². The van der Waals surface area contributed by atoms with E-state index in [-0.39, 0.29) is 17.6 Å². The average Bonchev–Trinajstić information content (AvgIpc) is 3.36. The molecule has 0 aromatic heterocycles. The van der Waals surface area contributed by atoms with Gasteiger partial charge < -0.3 is 15.1 Å². The van der Waals surface area contributed by atoms with Gasteiger partial charge in [0, 0.05) is 56.1 Å². The number of benzene rings is 2. The Morgan fingerprint density at radius 3 is 2.23 bits per heavy atom. The Labute approximate surface area is 227 Å². The van der Waals surface area contributed by atoms with Crippen LogP contribution in [-0.4, -0.2) is 48.0 Å². The molecule has 1 amide bonds. The highest BCUT2D eigenvalue weighted by atomic mass is 19.4. The highest BCUT2D eigenvalue weighted by Crippen LogP contribution is 2.38. The molecule has 1 N–H and O–H groups in total. The van der Waals surface area contributed by atoms with E-state index < -0.39 is 34.1 Å². The number of rotatable bonds is 8. The zero-order valence-electron chi connectivity index (χ0n) is 21.6. The Morgan fingerprint density at radius 1 is 0.950 bits per heavy atom. The molecule has 0 spiro atoms. The third-order valence-corrected chi connectivity index (χ3v) is 7.59. The van der Waals surface area contributed by atoms with E-state index >= 15 is 0 Å². The van der Waals surface area contributed by atoms with Crippen molar-refractivity contribution in [2.24, 2.45) is 5.92 Å². The molecule has 13 heteroatoms. The van der Waals surface area contributed by atoms with E-state index in [1.165, 1.54) is 18.2 Å². The molecule has 2 aromatic carbocycles. The predicted molar refractivity (Wildman–Crippen MR) is 137 cm³/mol. The number of alkyl halides is 6. The van der Waals surface area contributed by atoms with Crippen LogP contribution < -0.4 is 10.2 Å². The summed E-state index contributed by atoms with van der Waals surface area (Å²) < 4.78 is 78.1. The van der Waals surface area contributed by atoms with Crippen LogP contribution in [0.5, 0.6) is 0 Å². The van der Waals surface area contributed by atoms with Gasteiger partial charge in [0.25, 0.3) is 5.69 Å². The van der Waals surface area contributed by atoms with Gasteiger partial charge >= 0.3 is 12.4 Å². The summed E-state index contributed by atoms with van der Waals surface area (Å²) in [5.41, 5.74) is -2.12. The van der Waals surface area contributed by atoms with E-state index in [2.05, 4.69) is 10.2 Å². The Hall–Kier alpha value is -3.51. The molecule has 2 fully saturated rings. The maximum Gasteiger partial charge on any atom is 0.423 e. The van der Waals surface area contributed by atoms with Crippen molar-refractivity contribution in [1.29, 1.82) is 0 Å². The number of carbonyl (C=O) groups excluding carboxylic acids is 1.